The van der Waals surface area contributed by atoms with Crippen LogP contribution in [-0.2, 0) is 14.3 Å². The van der Waals surface area contributed by atoms with Gasteiger partial charge in [-0.2, -0.15) is 0 Å². The van der Waals surface area contributed by atoms with Crippen molar-refractivity contribution in [3.8, 4) is 0 Å². The average molecular weight is 526 g/mol. The summed E-state index contributed by atoms with van der Waals surface area (Å²) in [4.78, 5) is 36.5. The van der Waals surface area contributed by atoms with E-state index in [1.54, 1.807) is 6.07 Å². The molecule has 2 N–H and O–H groups in total. The Morgan fingerprint density at radius 1 is 1.56 bits per heavy atom. The first-order valence-corrected chi connectivity index (χ1v) is 8.80. The molecule has 0 unspecified atom stereocenters. The van der Waals surface area contributed by atoms with E-state index in [-0.39, 0.29) is 42.3 Å². The SMILES string of the molecule is COC(=O)C1=C(Nc2ccc(Br)c(I)c2[N+](=O)[O-])C(=O)N(CCO)C1. The van der Waals surface area contributed by atoms with Crippen LogP contribution in [0.5, 0.6) is 0 Å². The van der Waals surface area contributed by atoms with Crippen LogP contribution >= 0.6 is 38.5 Å². The van der Waals surface area contributed by atoms with Crippen molar-refractivity contribution in [1.82, 2.24) is 4.90 Å². The van der Waals surface area contributed by atoms with Gasteiger partial charge >= 0.3 is 11.7 Å². The summed E-state index contributed by atoms with van der Waals surface area (Å²) in [6, 6.07) is 3.04. The number of esters is 1. The monoisotopic (exact) mass is 525 g/mol. The Morgan fingerprint density at radius 3 is 2.80 bits per heavy atom. The molecule has 1 aromatic rings. The molecular formula is C14H13BrIN3O6. The molecule has 1 amide bonds. The van der Waals surface area contributed by atoms with Gasteiger partial charge in [-0.05, 0) is 50.7 Å². The number of aliphatic hydroxyl groups excluding tert-OH is 1. The summed E-state index contributed by atoms with van der Waals surface area (Å²) in [6.45, 7) is -0.288. The number of β-amino-alcohol motifs (C(OH)–C–C–N with tert-alkyl or cyclic N) is 1. The number of nitro benzene ring substituents is 1. The Morgan fingerprint density at radius 2 is 2.24 bits per heavy atom. The Hall–Kier alpha value is -1.73. The number of anilines is 1. The number of nitrogens with one attached hydrogen (secondary N) is 1. The molecule has 1 aromatic carbocycles. The van der Waals surface area contributed by atoms with Gasteiger partial charge in [-0.25, -0.2) is 4.79 Å². The molecule has 0 spiro atoms. The number of carbonyl (C=O) groups is 2. The molecule has 1 aliphatic rings. The number of nitrogens with zero attached hydrogens (tertiary/aromatic N) is 2. The fourth-order valence-corrected chi connectivity index (χ4v) is 3.29. The molecule has 9 nitrogen and oxygen atoms in total. The van der Waals surface area contributed by atoms with Crippen molar-refractivity contribution in [2.75, 3.05) is 32.1 Å². The van der Waals surface area contributed by atoms with Crippen molar-refractivity contribution >= 4 is 61.8 Å². The first-order valence-electron chi connectivity index (χ1n) is 6.92. The zero-order valence-electron chi connectivity index (χ0n) is 12.9. The molecule has 134 valence electrons. The first kappa shape index (κ1) is 19.6. The molecule has 0 radical (unpaired) electrons. The Bertz CT molecular complexity index is 782. The molecule has 11 heteroatoms. The van der Waals surface area contributed by atoms with Crippen LogP contribution in [-0.4, -0.2) is 53.6 Å². The van der Waals surface area contributed by atoms with Crippen LogP contribution in [0.1, 0.15) is 0 Å². The normalized spacial score (nSPS) is 14.1. The highest BCUT2D eigenvalue weighted by atomic mass is 127. The van der Waals surface area contributed by atoms with Crippen molar-refractivity contribution < 1.29 is 24.4 Å². The quantitative estimate of drug-likeness (QED) is 0.250. The molecule has 25 heavy (non-hydrogen) atoms. The van der Waals surface area contributed by atoms with Gasteiger partial charge in [0.15, 0.2) is 0 Å². The van der Waals surface area contributed by atoms with E-state index in [1.807, 2.05) is 22.6 Å². The maximum atomic E-state index is 12.5. The summed E-state index contributed by atoms with van der Waals surface area (Å²) in [5.74, 6) is -1.26. The third kappa shape index (κ3) is 3.93. The zero-order chi connectivity index (χ0) is 18.7. The minimum Gasteiger partial charge on any atom is -0.466 e. The number of halogens is 2. The van der Waals surface area contributed by atoms with Crippen LogP contribution in [0.15, 0.2) is 27.9 Å². The molecule has 0 fully saturated rings. The lowest BCUT2D eigenvalue weighted by atomic mass is 10.2. The largest absolute Gasteiger partial charge is 0.466 e. The van der Waals surface area contributed by atoms with E-state index >= 15 is 0 Å². The number of methoxy groups -OCH3 is 1. The molecule has 2 rings (SSSR count). The van der Waals surface area contributed by atoms with Gasteiger partial charge in [-0.1, -0.05) is 0 Å². The van der Waals surface area contributed by atoms with Crippen LogP contribution in [0.25, 0.3) is 0 Å². The summed E-state index contributed by atoms with van der Waals surface area (Å²) in [5, 5.41) is 23.1. The summed E-state index contributed by atoms with van der Waals surface area (Å²) in [5.41, 5.74) is -0.192. The van der Waals surface area contributed by atoms with E-state index in [9.17, 15) is 19.7 Å². The average Bonchev–Trinajstić information content (AvgIpc) is 2.87. The lowest BCUT2D eigenvalue weighted by Crippen LogP contribution is -2.31. The topological polar surface area (TPSA) is 122 Å². The van der Waals surface area contributed by atoms with Crippen LogP contribution in [0.3, 0.4) is 0 Å². The summed E-state index contributed by atoms with van der Waals surface area (Å²) < 4.78 is 5.56. The predicted molar refractivity (Wildman–Crippen MR) is 99.8 cm³/mol. The maximum Gasteiger partial charge on any atom is 0.337 e. The van der Waals surface area contributed by atoms with E-state index in [0.29, 0.717) is 8.04 Å². The van der Waals surface area contributed by atoms with Gasteiger partial charge in [0.2, 0.25) is 0 Å². The number of aliphatic hydroxyl groups is 1. The van der Waals surface area contributed by atoms with Crippen molar-refractivity contribution in [2.24, 2.45) is 0 Å². The first-order chi connectivity index (χ1) is 11.8. The molecule has 1 aliphatic heterocycles. The number of ether oxygens (including phenoxy) is 1. The number of carbonyl (C=O) groups excluding carboxylic acids is 2. The fraction of sp³-hybridized carbons (Fsp3) is 0.286. The van der Waals surface area contributed by atoms with Crippen LogP contribution in [0, 0.1) is 13.7 Å². The van der Waals surface area contributed by atoms with Gasteiger partial charge in [0.1, 0.15) is 15.0 Å². The Labute approximate surface area is 164 Å². The van der Waals surface area contributed by atoms with Gasteiger partial charge in [0.05, 0.1) is 30.8 Å². The molecule has 1 heterocycles. The number of hydrogen-bond donors (Lipinski definition) is 2. The second kappa shape index (κ2) is 8.10. The number of benzene rings is 1. The smallest absolute Gasteiger partial charge is 0.337 e. The standard InChI is InChI=1S/C14H13BrIN3O6/c1-25-14(22)7-6-18(4-5-20)13(21)11(7)17-9-3-2-8(15)10(16)12(9)19(23)24/h2-3,17,20H,4-6H2,1H3. The van der Waals surface area contributed by atoms with Gasteiger partial charge in [0, 0.05) is 11.0 Å². The van der Waals surface area contributed by atoms with Crippen LogP contribution < -0.4 is 5.32 Å². The molecule has 0 saturated carbocycles. The fourth-order valence-electron chi connectivity index (χ4n) is 2.30. The van der Waals surface area contributed by atoms with Crippen molar-refractivity contribution in [1.29, 1.82) is 0 Å². The van der Waals surface area contributed by atoms with Crippen molar-refractivity contribution in [3.05, 3.63) is 41.6 Å². The van der Waals surface area contributed by atoms with E-state index in [2.05, 4.69) is 26.0 Å². The predicted octanol–water partition coefficient (Wildman–Crippen LogP) is 1.64. The Kier molecular flexibility index (Phi) is 6.35. The number of amides is 1. The van der Waals surface area contributed by atoms with E-state index in [0.717, 1.165) is 0 Å². The van der Waals surface area contributed by atoms with Crippen LogP contribution in [0.2, 0.25) is 0 Å². The summed E-state index contributed by atoms with van der Waals surface area (Å²) >= 11 is 5.04. The number of hydrogen-bond acceptors (Lipinski definition) is 7. The molecule has 0 aliphatic carbocycles. The highest BCUT2D eigenvalue weighted by Crippen LogP contribution is 2.36. The van der Waals surface area contributed by atoms with E-state index in [4.69, 9.17) is 5.11 Å². The van der Waals surface area contributed by atoms with Crippen molar-refractivity contribution in [3.63, 3.8) is 0 Å². The molecule has 0 atom stereocenters. The molecule has 0 aromatic heterocycles. The summed E-state index contributed by atoms with van der Waals surface area (Å²) in [6.07, 6.45) is 0. The van der Waals surface area contributed by atoms with Crippen LogP contribution in [0.4, 0.5) is 11.4 Å². The lowest BCUT2D eigenvalue weighted by molar-refractivity contribution is -0.384. The molecule has 0 bridgehead atoms. The van der Waals surface area contributed by atoms with E-state index < -0.39 is 16.8 Å². The third-order valence-corrected chi connectivity index (χ3v) is 5.96. The second-order valence-electron chi connectivity index (χ2n) is 4.94. The minimum atomic E-state index is -0.717. The highest BCUT2D eigenvalue weighted by molar-refractivity contribution is 14.1. The lowest BCUT2D eigenvalue weighted by Gasteiger charge is -2.15. The minimum absolute atomic E-state index is 0.0322. The number of rotatable bonds is 6. The molecular weight excluding hydrogens is 513 g/mol. The van der Waals surface area contributed by atoms with Crippen molar-refractivity contribution in [2.45, 2.75) is 0 Å². The van der Waals surface area contributed by atoms with E-state index in [1.165, 1.54) is 18.1 Å². The third-order valence-electron chi connectivity index (χ3n) is 3.46. The Balaban J connectivity index is 2.49. The van der Waals surface area contributed by atoms with Gasteiger partial charge < -0.3 is 20.1 Å². The summed E-state index contributed by atoms with van der Waals surface area (Å²) in [7, 11) is 1.18. The molecule has 0 saturated heterocycles. The maximum absolute atomic E-state index is 12.5. The number of nitro groups is 1. The van der Waals surface area contributed by atoms with Gasteiger partial charge in [-0.15, -0.1) is 0 Å². The van der Waals surface area contributed by atoms with Gasteiger partial charge in [-0.3, -0.25) is 14.9 Å². The van der Waals surface area contributed by atoms with Gasteiger partial charge in [0.25, 0.3) is 5.91 Å². The second-order valence-corrected chi connectivity index (χ2v) is 6.87. The zero-order valence-corrected chi connectivity index (χ0v) is 16.7. The highest BCUT2D eigenvalue weighted by Gasteiger charge is 2.35.